The van der Waals surface area contributed by atoms with Crippen molar-refractivity contribution in [2.24, 2.45) is 0 Å². The quantitative estimate of drug-likeness (QED) is 0.853. The first kappa shape index (κ1) is 13.4. The molecule has 2 N–H and O–H groups in total. The van der Waals surface area contributed by atoms with Crippen molar-refractivity contribution in [3.8, 4) is 5.75 Å². The molecule has 6 heteroatoms. The first-order valence-corrected chi connectivity index (χ1v) is 7.49. The zero-order valence-electron chi connectivity index (χ0n) is 11.2. The second-order valence-corrected chi connectivity index (χ2v) is 6.01. The zero-order valence-corrected chi connectivity index (χ0v) is 12.8. The number of nitrogens with zero attached hydrogens (tertiary/aromatic N) is 1. The van der Waals surface area contributed by atoms with Gasteiger partial charge in [0.2, 0.25) is 0 Å². The molecule has 0 amide bonds. The number of methoxy groups -OCH3 is 1. The van der Waals surface area contributed by atoms with Crippen LogP contribution in [0.5, 0.6) is 5.75 Å². The van der Waals surface area contributed by atoms with E-state index in [-0.39, 0.29) is 5.66 Å². The number of thiocarbonyl (C=S) groups is 1. The number of hydrogen-bond donors (Lipinski definition) is 2. The second kappa shape index (κ2) is 5.05. The van der Waals surface area contributed by atoms with Gasteiger partial charge in [0, 0.05) is 4.88 Å². The van der Waals surface area contributed by atoms with Crippen LogP contribution in [0.25, 0.3) is 0 Å². The molecule has 0 radical (unpaired) electrons. The van der Waals surface area contributed by atoms with Crippen molar-refractivity contribution in [3.63, 3.8) is 0 Å². The van der Waals surface area contributed by atoms with Crippen molar-refractivity contribution in [2.45, 2.75) is 12.6 Å². The van der Waals surface area contributed by atoms with Crippen molar-refractivity contribution in [2.75, 3.05) is 12.1 Å². The Balaban J connectivity index is 1.86. The summed E-state index contributed by atoms with van der Waals surface area (Å²) in [4.78, 5) is 1.19. The van der Waals surface area contributed by atoms with Crippen molar-refractivity contribution in [1.29, 1.82) is 0 Å². The van der Waals surface area contributed by atoms with Crippen LogP contribution in [0.1, 0.15) is 11.8 Å². The molecule has 20 heavy (non-hydrogen) atoms. The highest BCUT2D eigenvalue weighted by molar-refractivity contribution is 7.80. The molecule has 0 bridgehead atoms. The minimum atomic E-state index is -0.370. The number of hydrazine groups is 1. The van der Waals surface area contributed by atoms with Crippen LogP contribution in [0.3, 0.4) is 0 Å². The third-order valence-corrected chi connectivity index (χ3v) is 4.62. The molecule has 0 saturated carbocycles. The van der Waals surface area contributed by atoms with E-state index >= 15 is 0 Å². The number of rotatable bonds is 3. The molecule has 104 valence electrons. The molecule has 1 saturated heterocycles. The standard InChI is InChI=1S/C14H15N3OS2/c1-14(12-4-3-9-20-12)15-13(19)17(16-14)10-5-7-11(18-2)8-6-10/h3-9,16H,1-2H3,(H,15,19)/t14-/m0/s1. The predicted octanol–water partition coefficient (Wildman–Crippen LogP) is 2.83. The Labute approximate surface area is 127 Å². The minimum Gasteiger partial charge on any atom is -0.497 e. The summed E-state index contributed by atoms with van der Waals surface area (Å²) in [5, 5.41) is 7.94. The molecular formula is C14H15N3OS2. The van der Waals surface area contributed by atoms with Crippen LogP contribution in [-0.2, 0) is 5.66 Å². The fourth-order valence-corrected chi connectivity index (χ4v) is 3.31. The summed E-state index contributed by atoms with van der Waals surface area (Å²) in [6, 6.07) is 11.9. The van der Waals surface area contributed by atoms with Gasteiger partial charge in [0.1, 0.15) is 11.4 Å². The van der Waals surface area contributed by atoms with Gasteiger partial charge in [0.05, 0.1) is 12.8 Å². The summed E-state index contributed by atoms with van der Waals surface area (Å²) in [6.07, 6.45) is 0. The third kappa shape index (κ3) is 2.26. The summed E-state index contributed by atoms with van der Waals surface area (Å²) in [5.41, 5.74) is 4.03. The summed E-state index contributed by atoms with van der Waals surface area (Å²) >= 11 is 7.13. The average molecular weight is 305 g/mol. The molecule has 1 aliphatic rings. The number of hydrogen-bond acceptors (Lipinski definition) is 4. The second-order valence-electron chi connectivity index (χ2n) is 4.68. The van der Waals surface area contributed by atoms with E-state index in [9.17, 15) is 0 Å². The normalized spacial score (nSPS) is 21.9. The lowest BCUT2D eigenvalue weighted by Gasteiger charge is -2.24. The Morgan fingerprint density at radius 1 is 1.25 bits per heavy atom. The van der Waals surface area contributed by atoms with Gasteiger partial charge in [0.25, 0.3) is 0 Å². The molecule has 3 rings (SSSR count). The predicted molar refractivity (Wildman–Crippen MR) is 86.0 cm³/mol. The Bertz CT molecular complexity index is 612. The zero-order chi connectivity index (χ0) is 14.2. The van der Waals surface area contributed by atoms with Gasteiger partial charge in [-0.15, -0.1) is 11.3 Å². The van der Waals surface area contributed by atoms with Crippen molar-refractivity contribution < 1.29 is 4.74 Å². The Kier molecular flexibility index (Phi) is 3.37. The molecule has 0 unspecified atom stereocenters. The molecule has 4 nitrogen and oxygen atoms in total. The van der Waals surface area contributed by atoms with Crippen molar-refractivity contribution in [1.82, 2.24) is 10.7 Å². The highest BCUT2D eigenvalue weighted by atomic mass is 32.1. The topological polar surface area (TPSA) is 36.5 Å². The lowest BCUT2D eigenvalue weighted by molar-refractivity contribution is 0.397. The van der Waals surface area contributed by atoms with Gasteiger partial charge in [-0.05, 0) is 54.9 Å². The van der Waals surface area contributed by atoms with Crippen LogP contribution in [-0.4, -0.2) is 12.2 Å². The highest BCUT2D eigenvalue weighted by Gasteiger charge is 2.38. The van der Waals surface area contributed by atoms with Gasteiger partial charge in [-0.25, -0.2) is 5.01 Å². The van der Waals surface area contributed by atoms with Gasteiger partial charge >= 0.3 is 0 Å². The maximum absolute atomic E-state index is 5.43. The molecule has 1 atom stereocenters. The van der Waals surface area contributed by atoms with E-state index in [1.165, 1.54) is 4.88 Å². The third-order valence-electron chi connectivity index (χ3n) is 3.24. The summed E-state index contributed by atoms with van der Waals surface area (Å²) < 4.78 is 5.17. The van der Waals surface area contributed by atoms with Gasteiger partial charge in [-0.1, -0.05) is 6.07 Å². The molecule has 1 aromatic carbocycles. The molecule has 1 aliphatic heterocycles. The van der Waals surface area contributed by atoms with Crippen LogP contribution in [0, 0.1) is 0 Å². The fraction of sp³-hybridized carbons (Fsp3) is 0.214. The smallest absolute Gasteiger partial charge is 0.190 e. The van der Waals surface area contributed by atoms with E-state index in [0.29, 0.717) is 5.11 Å². The molecule has 0 spiro atoms. The van der Waals surface area contributed by atoms with Gasteiger partial charge in [-0.2, -0.15) is 5.43 Å². The van der Waals surface area contributed by atoms with E-state index in [0.717, 1.165) is 11.4 Å². The molecule has 2 heterocycles. The van der Waals surface area contributed by atoms with E-state index < -0.39 is 0 Å². The number of nitrogens with one attached hydrogen (secondary N) is 2. The molecule has 1 aromatic heterocycles. The van der Waals surface area contributed by atoms with E-state index in [2.05, 4.69) is 29.1 Å². The summed E-state index contributed by atoms with van der Waals surface area (Å²) in [5.74, 6) is 0.827. The first-order chi connectivity index (χ1) is 9.62. The van der Waals surface area contributed by atoms with Crippen molar-refractivity contribution in [3.05, 3.63) is 46.7 Å². The Morgan fingerprint density at radius 3 is 2.60 bits per heavy atom. The van der Waals surface area contributed by atoms with Gasteiger partial charge in [0.15, 0.2) is 5.11 Å². The maximum Gasteiger partial charge on any atom is 0.190 e. The van der Waals surface area contributed by atoms with Crippen LogP contribution >= 0.6 is 23.6 Å². The van der Waals surface area contributed by atoms with Gasteiger partial charge < -0.3 is 10.1 Å². The van der Waals surface area contributed by atoms with Crippen LogP contribution < -0.4 is 20.5 Å². The Hall–Kier alpha value is -1.63. The molecule has 1 fully saturated rings. The van der Waals surface area contributed by atoms with Gasteiger partial charge in [-0.3, -0.25) is 0 Å². The molecule has 0 aliphatic carbocycles. The number of thiophene rings is 1. The SMILES string of the molecule is COc1ccc(N2N[C@@](C)(c3cccs3)NC2=S)cc1. The maximum atomic E-state index is 5.43. The molecule has 2 aromatic rings. The van der Waals surface area contributed by atoms with E-state index in [1.54, 1.807) is 18.4 Å². The Morgan fingerprint density at radius 2 is 2.00 bits per heavy atom. The lowest BCUT2D eigenvalue weighted by atomic mass is 10.2. The number of anilines is 1. The number of benzene rings is 1. The summed E-state index contributed by atoms with van der Waals surface area (Å²) in [7, 11) is 1.66. The van der Waals surface area contributed by atoms with Crippen molar-refractivity contribution >= 4 is 34.4 Å². The average Bonchev–Trinajstić information content (AvgIpc) is 3.08. The fourth-order valence-electron chi connectivity index (χ4n) is 2.16. The van der Waals surface area contributed by atoms with E-state index in [1.807, 2.05) is 35.3 Å². The minimum absolute atomic E-state index is 0.370. The number of ether oxygens (including phenoxy) is 1. The lowest BCUT2D eigenvalue weighted by Crippen LogP contribution is -2.45. The van der Waals surface area contributed by atoms with Crippen LogP contribution in [0.4, 0.5) is 5.69 Å². The van der Waals surface area contributed by atoms with Crippen LogP contribution in [0.2, 0.25) is 0 Å². The van der Waals surface area contributed by atoms with Crippen LogP contribution in [0.15, 0.2) is 41.8 Å². The monoisotopic (exact) mass is 305 g/mol. The largest absolute Gasteiger partial charge is 0.497 e. The highest BCUT2D eigenvalue weighted by Crippen LogP contribution is 2.29. The first-order valence-electron chi connectivity index (χ1n) is 6.20. The van der Waals surface area contributed by atoms with E-state index in [4.69, 9.17) is 17.0 Å². The summed E-state index contributed by atoms with van der Waals surface area (Å²) in [6.45, 7) is 2.08. The molecular weight excluding hydrogens is 290 g/mol.